The molecule has 0 aliphatic carbocycles. The lowest BCUT2D eigenvalue weighted by molar-refractivity contribution is -0.112. The summed E-state index contributed by atoms with van der Waals surface area (Å²) in [6.07, 6.45) is 7.30. The van der Waals surface area contributed by atoms with Crippen molar-refractivity contribution in [1.29, 1.82) is 0 Å². The highest BCUT2D eigenvalue weighted by atomic mass is 16.1. The van der Waals surface area contributed by atoms with Gasteiger partial charge < -0.3 is 4.57 Å². The van der Waals surface area contributed by atoms with Crippen LogP contribution in [-0.4, -0.2) is 15.3 Å². The number of benzene rings is 1. The molecular formula is C18H16N2O. The van der Waals surface area contributed by atoms with Crippen molar-refractivity contribution in [2.45, 2.75) is 13.5 Å². The van der Waals surface area contributed by atoms with Crippen molar-refractivity contribution >= 4 is 22.9 Å². The van der Waals surface area contributed by atoms with E-state index in [4.69, 9.17) is 0 Å². The standard InChI is InChI=1S/C18H16N2O/c1-14(21)7-8-15-4-2-5-16(12-15)13-20-11-9-17-18(20)6-3-10-19-17/h2-12H,13H2,1H3/b8-7+. The van der Waals surface area contributed by atoms with Gasteiger partial charge in [0.2, 0.25) is 0 Å². The van der Waals surface area contributed by atoms with Crippen LogP contribution < -0.4 is 0 Å². The first-order chi connectivity index (χ1) is 10.2. The van der Waals surface area contributed by atoms with Crippen LogP contribution in [0.1, 0.15) is 18.1 Å². The second-order valence-corrected chi connectivity index (χ2v) is 5.04. The zero-order chi connectivity index (χ0) is 14.7. The molecule has 21 heavy (non-hydrogen) atoms. The van der Waals surface area contributed by atoms with E-state index >= 15 is 0 Å². The molecule has 2 aromatic heterocycles. The molecule has 1 aromatic carbocycles. The molecule has 3 rings (SSSR count). The summed E-state index contributed by atoms with van der Waals surface area (Å²) in [6, 6.07) is 14.2. The second-order valence-electron chi connectivity index (χ2n) is 5.04. The lowest BCUT2D eigenvalue weighted by atomic mass is 10.1. The molecule has 0 unspecified atom stereocenters. The van der Waals surface area contributed by atoms with Crippen molar-refractivity contribution in [2.75, 3.05) is 0 Å². The first kappa shape index (κ1) is 13.3. The van der Waals surface area contributed by atoms with Crippen LogP contribution in [0.2, 0.25) is 0 Å². The maximum Gasteiger partial charge on any atom is 0.152 e. The average molecular weight is 276 g/mol. The number of allylic oxidation sites excluding steroid dienone is 1. The van der Waals surface area contributed by atoms with E-state index in [-0.39, 0.29) is 5.78 Å². The van der Waals surface area contributed by atoms with Gasteiger partial charge in [0.05, 0.1) is 11.0 Å². The number of hydrogen-bond acceptors (Lipinski definition) is 2. The molecule has 0 saturated carbocycles. The van der Waals surface area contributed by atoms with Gasteiger partial charge in [0.15, 0.2) is 5.78 Å². The number of ketones is 1. The molecule has 3 heteroatoms. The van der Waals surface area contributed by atoms with Crippen LogP contribution >= 0.6 is 0 Å². The zero-order valence-electron chi connectivity index (χ0n) is 11.9. The normalized spacial score (nSPS) is 11.3. The number of carbonyl (C=O) groups excluding carboxylic acids is 1. The summed E-state index contributed by atoms with van der Waals surface area (Å²) in [7, 11) is 0. The third-order valence-electron chi connectivity index (χ3n) is 3.35. The van der Waals surface area contributed by atoms with Gasteiger partial charge in [-0.1, -0.05) is 24.3 Å². The summed E-state index contributed by atoms with van der Waals surface area (Å²) in [5, 5.41) is 0. The predicted octanol–water partition coefficient (Wildman–Crippen LogP) is 3.69. The van der Waals surface area contributed by atoms with Crippen LogP contribution in [0.3, 0.4) is 0 Å². The van der Waals surface area contributed by atoms with Crippen molar-refractivity contribution in [3.8, 4) is 0 Å². The van der Waals surface area contributed by atoms with Gasteiger partial charge >= 0.3 is 0 Å². The van der Waals surface area contributed by atoms with E-state index < -0.39 is 0 Å². The fourth-order valence-electron chi connectivity index (χ4n) is 2.36. The molecule has 2 heterocycles. The zero-order valence-corrected chi connectivity index (χ0v) is 11.9. The summed E-state index contributed by atoms with van der Waals surface area (Å²) in [6.45, 7) is 2.34. The molecule has 0 spiro atoms. The summed E-state index contributed by atoms with van der Waals surface area (Å²) in [5.41, 5.74) is 4.37. The van der Waals surface area contributed by atoms with Gasteiger partial charge in [0.25, 0.3) is 0 Å². The Bertz CT molecular complexity index is 815. The number of pyridine rings is 1. The van der Waals surface area contributed by atoms with Gasteiger partial charge in [-0.25, -0.2) is 0 Å². The molecule has 104 valence electrons. The smallest absolute Gasteiger partial charge is 0.152 e. The SMILES string of the molecule is CC(=O)/C=C/c1cccc(Cn2ccc3ncccc32)c1. The molecule has 0 N–H and O–H groups in total. The molecular weight excluding hydrogens is 260 g/mol. The number of carbonyl (C=O) groups is 1. The van der Waals surface area contributed by atoms with Crippen LogP contribution in [0.15, 0.2) is 60.9 Å². The highest BCUT2D eigenvalue weighted by molar-refractivity contribution is 5.91. The maximum atomic E-state index is 11.0. The topological polar surface area (TPSA) is 34.9 Å². The first-order valence-corrected chi connectivity index (χ1v) is 6.90. The van der Waals surface area contributed by atoms with Crippen LogP contribution in [-0.2, 0) is 11.3 Å². The monoisotopic (exact) mass is 276 g/mol. The fraction of sp³-hybridized carbons (Fsp3) is 0.111. The van der Waals surface area contributed by atoms with Crippen LogP contribution in [0.25, 0.3) is 17.1 Å². The molecule has 0 bridgehead atoms. The molecule has 0 aliphatic rings. The first-order valence-electron chi connectivity index (χ1n) is 6.90. The molecule has 0 saturated heterocycles. The van der Waals surface area contributed by atoms with E-state index in [0.717, 1.165) is 23.1 Å². The van der Waals surface area contributed by atoms with Crippen molar-refractivity contribution in [3.05, 3.63) is 72.1 Å². The minimum atomic E-state index is 0.0582. The van der Waals surface area contributed by atoms with Gasteiger partial charge in [0, 0.05) is 18.9 Å². The van der Waals surface area contributed by atoms with Crippen LogP contribution in [0, 0.1) is 0 Å². The van der Waals surface area contributed by atoms with Crippen molar-refractivity contribution in [2.24, 2.45) is 0 Å². The Morgan fingerprint density at radius 1 is 1.24 bits per heavy atom. The Labute approximate surface area is 123 Å². The fourth-order valence-corrected chi connectivity index (χ4v) is 2.36. The lowest BCUT2D eigenvalue weighted by Crippen LogP contribution is -1.98. The molecule has 0 atom stereocenters. The molecule has 3 nitrogen and oxygen atoms in total. The summed E-state index contributed by atoms with van der Waals surface area (Å²) in [5.74, 6) is 0.0582. The van der Waals surface area contributed by atoms with Crippen LogP contribution in [0.5, 0.6) is 0 Å². The lowest BCUT2D eigenvalue weighted by Gasteiger charge is -2.06. The summed E-state index contributed by atoms with van der Waals surface area (Å²) < 4.78 is 2.18. The Hall–Kier alpha value is -2.68. The number of rotatable bonds is 4. The van der Waals surface area contributed by atoms with E-state index in [1.807, 2.05) is 30.3 Å². The summed E-state index contributed by atoms with van der Waals surface area (Å²) >= 11 is 0. The largest absolute Gasteiger partial charge is 0.342 e. The van der Waals surface area contributed by atoms with Crippen molar-refractivity contribution in [1.82, 2.24) is 9.55 Å². The quantitative estimate of drug-likeness (QED) is 0.681. The van der Waals surface area contributed by atoms with Crippen LogP contribution in [0.4, 0.5) is 0 Å². The van der Waals surface area contributed by atoms with Crippen molar-refractivity contribution < 1.29 is 4.79 Å². The number of aromatic nitrogens is 2. The van der Waals surface area contributed by atoms with E-state index in [2.05, 4.69) is 33.9 Å². The highest BCUT2D eigenvalue weighted by Crippen LogP contribution is 2.15. The minimum absolute atomic E-state index is 0.0582. The highest BCUT2D eigenvalue weighted by Gasteiger charge is 2.02. The van der Waals surface area contributed by atoms with Crippen molar-refractivity contribution in [3.63, 3.8) is 0 Å². The summed E-state index contributed by atoms with van der Waals surface area (Å²) in [4.78, 5) is 15.3. The Morgan fingerprint density at radius 3 is 3.00 bits per heavy atom. The molecule has 0 fully saturated rings. The third-order valence-corrected chi connectivity index (χ3v) is 3.35. The molecule has 3 aromatic rings. The Kier molecular flexibility index (Phi) is 3.65. The van der Waals surface area contributed by atoms with E-state index in [0.29, 0.717) is 0 Å². The maximum absolute atomic E-state index is 11.0. The van der Waals surface area contributed by atoms with Gasteiger partial charge in [-0.2, -0.15) is 0 Å². The van der Waals surface area contributed by atoms with E-state index in [1.165, 1.54) is 5.56 Å². The van der Waals surface area contributed by atoms with Gasteiger partial charge in [-0.3, -0.25) is 9.78 Å². The van der Waals surface area contributed by atoms with Gasteiger partial charge in [-0.05, 0) is 48.4 Å². The third kappa shape index (κ3) is 3.08. The predicted molar refractivity (Wildman–Crippen MR) is 85.0 cm³/mol. The minimum Gasteiger partial charge on any atom is -0.342 e. The molecule has 0 aliphatic heterocycles. The Morgan fingerprint density at radius 2 is 2.14 bits per heavy atom. The molecule has 0 amide bonds. The number of hydrogen-bond donors (Lipinski definition) is 0. The van der Waals surface area contributed by atoms with E-state index in [1.54, 1.807) is 19.2 Å². The number of nitrogens with zero attached hydrogens (tertiary/aromatic N) is 2. The average Bonchev–Trinajstić information content (AvgIpc) is 2.89. The van der Waals surface area contributed by atoms with E-state index in [9.17, 15) is 4.79 Å². The molecule has 0 radical (unpaired) electrons. The number of fused-ring (bicyclic) bond motifs is 1. The Balaban J connectivity index is 1.88. The second kappa shape index (κ2) is 5.75. The van der Waals surface area contributed by atoms with Gasteiger partial charge in [0.1, 0.15) is 0 Å². The van der Waals surface area contributed by atoms with Gasteiger partial charge in [-0.15, -0.1) is 0 Å².